The highest BCUT2D eigenvalue weighted by molar-refractivity contribution is 5.86. The van der Waals surface area contributed by atoms with Crippen LogP contribution in [0.3, 0.4) is 0 Å². The number of rotatable bonds is 3. The van der Waals surface area contributed by atoms with Crippen molar-refractivity contribution >= 4 is 5.97 Å². The Morgan fingerprint density at radius 2 is 2.06 bits per heavy atom. The van der Waals surface area contributed by atoms with Gasteiger partial charge in [0.25, 0.3) is 0 Å². The number of aliphatic hydroxyl groups excluding tert-OH is 1. The van der Waals surface area contributed by atoms with Crippen molar-refractivity contribution in [3.8, 4) is 11.3 Å². The van der Waals surface area contributed by atoms with E-state index in [-0.39, 0.29) is 11.3 Å². The molecule has 0 bridgehead atoms. The van der Waals surface area contributed by atoms with Gasteiger partial charge in [0.05, 0.1) is 12.3 Å². The van der Waals surface area contributed by atoms with Crippen LogP contribution in [-0.4, -0.2) is 26.2 Å². The fraction of sp³-hybridized carbons (Fsp3) is 0.0833. The largest absolute Gasteiger partial charge is 0.477 e. The van der Waals surface area contributed by atoms with Gasteiger partial charge in [-0.3, -0.25) is 0 Å². The molecule has 2 aromatic rings. The predicted octanol–water partition coefficient (Wildman–Crippen LogP) is 1.47. The molecule has 0 atom stereocenters. The van der Waals surface area contributed by atoms with Gasteiger partial charge in [0.1, 0.15) is 12.1 Å². The molecule has 1 heterocycles. The van der Waals surface area contributed by atoms with E-state index < -0.39 is 18.4 Å². The maximum atomic E-state index is 13.2. The van der Waals surface area contributed by atoms with Crippen LogP contribution in [0.5, 0.6) is 0 Å². The Morgan fingerprint density at radius 1 is 1.28 bits per heavy atom. The molecular formula is C12H9FN2O3. The SMILES string of the molecule is O=C(O)c1cc(-c2ccc(F)c(CO)c2)ncn1. The minimum atomic E-state index is -1.16. The van der Waals surface area contributed by atoms with Crippen molar-refractivity contribution in [2.75, 3.05) is 0 Å². The second-order valence-corrected chi connectivity index (χ2v) is 3.56. The van der Waals surface area contributed by atoms with E-state index >= 15 is 0 Å². The van der Waals surface area contributed by atoms with Crippen LogP contribution in [0.4, 0.5) is 4.39 Å². The van der Waals surface area contributed by atoms with Crippen molar-refractivity contribution in [2.45, 2.75) is 6.61 Å². The van der Waals surface area contributed by atoms with Crippen LogP contribution in [0, 0.1) is 5.82 Å². The zero-order valence-corrected chi connectivity index (χ0v) is 9.17. The van der Waals surface area contributed by atoms with Crippen LogP contribution in [0.1, 0.15) is 16.1 Å². The molecule has 1 aromatic carbocycles. The quantitative estimate of drug-likeness (QED) is 0.859. The van der Waals surface area contributed by atoms with Crippen LogP contribution in [0.15, 0.2) is 30.6 Å². The Labute approximate surface area is 102 Å². The summed E-state index contributed by atoms with van der Waals surface area (Å²) in [7, 11) is 0. The number of carboxylic acids is 1. The van der Waals surface area contributed by atoms with Crippen molar-refractivity contribution in [1.82, 2.24) is 9.97 Å². The van der Waals surface area contributed by atoms with Crippen LogP contribution >= 0.6 is 0 Å². The first-order valence-electron chi connectivity index (χ1n) is 5.07. The molecule has 2 N–H and O–H groups in total. The molecule has 0 aliphatic carbocycles. The smallest absolute Gasteiger partial charge is 0.354 e. The molecule has 0 spiro atoms. The van der Waals surface area contributed by atoms with Gasteiger partial charge in [0.2, 0.25) is 0 Å². The van der Waals surface area contributed by atoms with Gasteiger partial charge in [-0.05, 0) is 24.3 Å². The van der Waals surface area contributed by atoms with Gasteiger partial charge >= 0.3 is 5.97 Å². The third kappa shape index (κ3) is 2.33. The van der Waals surface area contributed by atoms with Crippen molar-refractivity contribution < 1.29 is 19.4 Å². The molecule has 0 fully saturated rings. The van der Waals surface area contributed by atoms with Crippen molar-refractivity contribution in [2.24, 2.45) is 0 Å². The zero-order chi connectivity index (χ0) is 13.1. The van der Waals surface area contributed by atoms with E-state index in [0.717, 1.165) is 6.33 Å². The molecule has 18 heavy (non-hydrogen) atoms. The molecule has 92 valence electrons. The van der Waals surface area contributed by atoms with Gasteiger partial charge in [-0.25, -0.2) is 19.2 Å². The number of hydrogen-bond acceptors (Lipinski definition) is 4. The molecule has 5 nitrogen and oxygen atoms in total. The molecule has 2 rings (SSSR count). The zero-order valence-electron chi connectivity index (χ0n) is 9.17. The number of carboxylic acid groups (broad SMARTS) is 1. The minimum Gasteiger partial charge on any atom is -0.477 e. The summed E-state index contributed by atoms with van der Waals surface area (Å²) in [6, 6.07) is 5.37. The van der Waals surface area contributed by atoms with Gasteiger partial charge in [-0.2, -0.15) is 0 Å². The molecule has 0 aliphatic rings. The lowest BCUT2D eigenvalue weighted by atomic mass is 10.1. The maximum Gasteiger partial charge on any atom is 0.354 e. The Balaban J connectivity index is 2.48. The van der Waals surface area contributed by atoms with Crippen molar-refractivity contribution in [3.63, 3.8) is 0 Å². The van der Waals surface area contributed by atoms with Crippen molar-refractivity contribution in [1.29, 1.82) is 0 Å². The highest BCUT2D eigenvalue weighted by Crippen LogP contribution is 2.20. The number of aliphatic hydroxyl groups is 1. The summed E-state index contributed by atoms with van der Waals surface area (Å²) in [4.78, 5) is 18.3. The number of hydrogen-bond donors (Lipinski definition) is 2. The third-order valence-corrected chi connectivity index (χ3v) is 2.40. The van der Waals surface area contributed by atoms with E-state index in [1.54, 1.807) is 0 Å². The summed E-state index contributed by atoms with van der Waals surface area (Å²) in [6.07, 6.45) is 1.13. The van der Waals surface area contributed by atoms with E-state index in [2.05, 4.69) is 9.97 Å². The fourth-order valence-electron chi connectivity index (χ4n) is 1.49. The lowest BCUT2D eigenvalue weighted by Gasteiger charge is -2.04. The average Bonchev–Trinajstić information content (AvgIpc) is 2.39. The highest BCUT2D eigenvalue weighted by atomic mass is 19.1. The van der Waals surface area contributed by atoms with Crippen LogP contribution in [0.2, 0.25) is 0 Å². The molecule has 0 saturated carbocycles. The normalized spacial score (nSPS) is 10.3. The van der Waals surface area contributed by atoms with Crippen molar-refractivity contribution in [3.05, 3.63) is 47.7 Å². The van der Waals surface area contributed by atoms with E-state index in [1.165, 1.54) is 24.3 Å². The summed E-state index contributed by atoms with van der Waals surface area (Å²) < 4.78 is 13.2. The Morgan fingerprint density at radius 3 is 2.72 bits per heavy atom. The molecular weight excluding hydrogens is 239 g/mol. The number of carbonyl (C=O) groups is 1. The van der Waals surface area contributed by atoms with E-state index in [4.69, 9.17) is 10.2 Å². The number of benzene rings is 1. The summed E-state index contributed by atoms with van der Waals surface area (Å²) in [5.41, 5.74) is 0.861. The second kappa shape index (κ2) is 4.89. The molecule has 0 radical (unpaired) electrons. The average molecular weight is 248 g/mol. The van der Waals surface area contributed by atoms with Crippen LogP contribution in [-0.2, 0) is 6.61 Å². The Bertz CT molecular complexity index is 602. The summed E-state index contributed by atoms with van der Waals surface area (Å²) >= 11 is 0. The number of halogens is 1. The molecule has 6 heteroatoms. The molecule has 0 aliphatic heterocycles. The lowest BCUT2D eigenvalue weighted by Crippen LogP contribution is -2.01. The summed E-state index contributed by atoms with van der Waals surface area (Å²) in [6.45, 7) is -0.434. The predicted molar refractivity (Wildman–Crippen MR) is 60.3 cm³/mol. The molecule has 0 unspecified atom stereocenters. The van der Waals surface area contributed by atoms with Gasteiger partial charge in [0, 0.05) is 11.1 Å². The van der Waals surface area contributed by atoms with Gasteiger partial charge < -0.3 is 10.2 Å². The van der Waals surface area contributed by atoms with E-state index in [0.29, 0.717) is 11.3 Å². The standard InChI is InChI=1S/C12H9FN2O3/c13-9-2-1-7(3-8(9)5-16)10-4-11(12(17)18)15-6-14-10/h1-4,6,16H,5H2,(H,17,18). The number of nitrogens with zero attached hydrogens (tertiary/aromatic N) is 2. The Kier molecular flexibility index (Phi) is 3.29. The minimum absolute atomic E-state index is 0.128. The molecule has 0 saturated heterocycles. The van der Waals surface area contributed by atoms with E-state index in [1.807, 2.05) is 0 Å². The topological polar surface area (TPSA) is 83.3 Å². The summed E-state index contributed by atoms with van der Waals surface area (Å²) in [5, 5.41) is 17.8. The lowest BCUT2D eigenvalue weighted by molar-refractivity contribution is 0.0690. The number of aromatic carboxylic acids is 1. The van der Waals surface area contributed by atoms with Gasteiger partial charge in [0.15, 0.2) is 5.69 Å². The van der Waals surface area contributed by atoms with Crippen LogP contribution < -0.4 is 0 Å². The monoisotopic (exact) mass is 248 g/mol. The second-order valence-electron chi connectivity index (χ2n) is 3.56. The molecule has 1 aromatic heterocycles. The first-order valence-corrected chi connectivity index (χ1v) is 5.07. The number of aromatic nitrogens is 2. The maximum absolute atomic E-state index is 13.2. The summed E-state index contributed by atoms with van der Waals surface area (Å²) in [5.74, 6) is -1.68. The van der Waals surface area contributed by atoms with Crippen LogP contribution in [0.25, 0.3) is 11.3 Å². The first kappa shape index (κ1) is 12.1. The highest BCUT2D eigenvalue weighted by Gasteiger charge is 2.09. The Hall–Kier alpha value is -2.34. The third-order valence-electron chi connectivity index (χ3n) is 2.40. The fourth-order valence-corrected chi connectivity index (χ4v) is 1.49. The van der Waals surface area contributed by atoms with E-state index in [9.17, 15) is 9.18 Å². The first-order chi connectivity index (χ1) is 8.61. The van der Waals surface area contributed by atoms with Gasteiger partial charge in [-0.1, -0.05) is 0 Å². The molecule has 0 amide bonds. The van der Waals surface area contributed by atoms with Gasteiger partial charge in [-0.15, -0.1) is 0 Å².